The van der Waals surface area contributed by atoms with Crippen LogP contribution in [-0.4, -0.2) is 44.3 Å². The summed E-state index contributed by atoms with van der Waals surface area (Å²) in [5, 5.41) is 3.27. The van der Waals surface area contributed by atoms with Gasteiger partial charge in [0.15, 0.2) is 0 Å². The van der Waals surface area contributed by atoms with Crippen molar-refractivity contribution in [3.63, 3.8) is 0 Å². The van der Waals surface area contributed by atoms with Crippen LogP contribution in [0.15, 0.2) is 83.8 Å². The zero-order chi connectivity index (χ0) is 27.0. The van der Waals surface area contributed by atoms with Crippen molar-refractivity contribution in [2.45, 2.75) is 44.7 Å². The zero-order valence-electron chi connectivity index (χ0n) is 21.2. The molecule has 0 heterocycles. The Bertz CT molecular complexity index is 1300. The van der Waals surface area contributed by atoms with Crippen LogP contribution in [-0.2, 0) is 26.2 Å². The summed E-state index contributed by atoms with van der Waals surface area (Å²) in [5.41, 5.74) is 2.03. The molecule has 0 radical (unpaired) electrons. The average Bonchev–Trinajstić information content (AvgIpc) is 2.89. The lowest BCUT2D eigenvalue weighted by molar-refractivity contribution is -0.139. The monoisotopic (exact) mass is 541 g/mol. The van der Waals surface area contributed by atoms with E-state index >= 15 is 0 Å². The molecule has 0 saturated carbocycles. The maximum absolute atomic E-state index is 13.8. The highest BCUT2D eigenvalue weighted by molar-refractivity contribution is 7.92. The number of hydrogen-bond donors (Lipinski definition) is 1. The lowest BCUT2D eigenvalue weighted by Gasteiger charge is -2.32. The van der Waals surface area contributed by atoms with E-state index in [1.54, 1.807) is 43.3 Å². The minimum absolute atomic E-state index is 0.0594. The molecule has 0 aliphatic heterocycles. The van der Waals surface area contributed by atoms with Crippen molar-refractivity contribution in [1.29, 1.82) is 0 Å². The van der Waals surface area contributed by atoms with Gasteiger partial charge in [0.1, 0.15) is 12.6 Å². The van der Waals surface area contributed by atoms with Crippen LogP contribution < -0.4 is 9.62 Å². The summed E-state index contributed by atoms with van der Waals surface area (Å²) in [7, 11) is -4.10. The first-order chi connectivity index (χ1) is 17.6. The number of amides is 2. The van der Waals surface area contributed by atoms with Crippen molar-refractivity contribution in [2.24, 2.45) is 0 Å². The van der Waals surface area contributed by atoms with Crippen LogP contribution in [0.5, 0.6) is 0 Å². The van der Waals surface area contributed by atoms with Gasteiger partial charge in [0.05, 0.1) is 10.6 Å². The molecule has 7 nitrogen and oxygen atoms in total. The number of aryl methyl sites for hydroxylation is 1. The highest BCUT2D eigenvalue weighted by Gasteiger charge is 2.32. The van der Waals surface area contributed by atoms with Gasteiger partial charge in [-0.2, -0.15) is 0 Å². The molecular formula is C28H32ClN3O4S. The first-order valence-electron chi connectivity index (χ1n) is 12.1. The Labute approximate surface area is 224 Å². The van der Waals surface area contributed by atoms with E-state index in [9.17, 15) is 18.0 Å². The second kappa shape index (κ2) is 12.7. The number of hydrogen-bond acceptors (Lipinski definition) is 4. The number of sulfonamides is 1. The summed E-state index contributed by atoms with van der Waals surface area (Å²) in [6, 6.07) is 21.2. The van der Waals surface area contributed by atoms with E-state index in [4.69, 9.17) is 11.6 Å². The minimum Gasteiger partial charge on any atom is -0.354 e. The number of anilines is 1. The Kier molecular flexibility index (Phi) is 9.72. The van der Waals surface area contributed by atoms with E-state index in [2.05, 4.69) is 5.32 Å². The summed E-state index contributed by atoms with van der Waals surface area (Å²) in [6.07, 6.45) is 0.754. The fourth-order valence-electron chi connectivity index (χ4n) is 3.73. The number of benzene rings is 3. The molecular weight excluding hydrogens is 510 g/mol. The third kappa shape index (κ3) is 7.33. The van der Waals surface area contributed by atoms with Gasteiger partial charge in [0.25, 0.3) is 10.0 Å². The molecule has 9 heteroatoms. The van der Waals surface area contributed by atoms with Crippen molar-refractivity contribution >= 4 is 39.1 Å². The zero-order valence-corrected chi connectivity index (χ0v) is 22.8. The van der Waals surface area contributed by atoms with Gasteiger partial charge >= 0.3 is 0 Å². The summed E-state index contributed by atoms with van der Waals surface area (Å²) in [5.74, 6) is -0.806. The van der Waals surface area contributed by atoms with Gasteiger partial charge in [0, 0.05) is 18.1 Å². The molecule has 0 spiro atoms. The standard InChI is InChI=1S/C28H32ClN3O4S/c1-4-18-30-28(34)22(3)31(19-23-8-6-5-7-9-23)27(33)20-32(25-14-12-24(29)13-15-25)37(35,36)26-16-10-21(2)11-17-26/h5-17,22H,4,18-20H2,1-3H3,(H,30,34). The van der Waals surface area contributed by atoms with Crippen molar-refractivity contribution in [3.05, 3.63) is 95.0 Å². The second-order valence-corrected chi connectivity index (χ2v) is 11.1. The first kappa shape index (κ1) is 28.2. The molecule has 0 fully saturated rings. The number of nitrogens with zero attached hydrogens (tertiary/aromatic N) is 2. The van der Waals surface area contributed by atoms with Gasteiger partial charge in [-0.25, -0.2) is 8.42 Å². The lowest BCUT2D eigenvalue weighted by atomic mass is 10.1. The molecule has 2 amide bonds. The summed E-state index contributed by atoms with van der Waals surface area (Å²) < 4.78 is 28.5. The fourth-order valence-corrected chi connectivity index (χ4v) is 5.27. The van der Waals surface area contributed by atoms with Crippen LogP contribution in [0.2, 0.25) is 5.02 Å². The van der Waals surface area contributed by atoms with E-state index < -0.39 is 28.5 Å². The molecule has 3 aromatic carbocycles. The topological polar surface area (TPSA) is 86.8 Å². The Balaban J connectivity index is 1.99. The lowest BCUT2D eigenvalue weighted by Crippen LogP contribution is -2.51. The molecule has 1 atom stereocenters. The van der Waals surface area contributed by atoms with Gasteiger partial charge in [0.2, 0.25) is 11.8 Å². The number of rotatable bonds is 11. The molecule has 3 aromatic rings. The molecule has 3 rings (SSSR count). The van der Waals surface area contributed by atoms with Crippen LogP contribution in [0.25, 0.3) is 0 Å². The summed E-state index contributed by atoms with van der Waals surface area (Å²) in [6.45, 7) is 5.60. The van der Waals surface area contributed by atoms with Crippen LogP contribution in [0, 0.1) is 6.92 Å². The average molecular weight is 542 g/mol. The number of carbonyl (C=O) groups excluding carboxylic acids is 2. The van der Waals surface area contributed by atoms with E-state index in [1.807, 2.05) is 44.2 Å². The molecule has 37 heavy (non-hydrogen) atoms. The van der Waals surface area contributed by atoms with E-state index in [-0.39, 0.29) is 17.3 Å². The van der Waals surface area contributed by atoms with Crippen LogP contribution >= 0.6 is 11.6 Å². The molecule has 1 N–H and O–H groups in total. The maximum atomic E-state index is 13.8. The van der Waals surface area contributed by atoms with Crippen molar-refractivity contribution in [1.82, 2.24) is 10.2 Å². The van der Waals surface area contributed by atoms with E-state index in [0.29, 0.717) is 17.3 Å². The molecule has 0 aliphatic carbocycles. The van der Waals surface area contributed by atoms with Crippen molar-refractivity contribution in [3.8, 4) is 0 Å². The molecule has 196 valence electrons. The van der Waals surface area contributed by atoms with Crippen LogP contribution in [0.4, 0.5) is 5.69 Å². The third-order valence-electron chi connectivity index (χ3n) is 5.91. The van der Waals surface area contributed by atoms with Crippen molar-refractivity contribution in [2.75, 3.05) is 17.4 Å². The van der Waals surface area contributed by atoms with Gasteiger partial charge in [-0.15, -0.1) is 0 Å². The predicted molar refractivity (Wildman–Crippen MR) is 147 cm³/mol. The Morgan fingerprint density at radius 1 is 0.946 bits per heavy atom. The Morgan fingerprint density at radius 3 is 2.16 bits per heavy atom. The quantitative estimate of drug-likeness (QED) is 0.378. The largest absolute Gasteiger partial charge is 0.354 e. The molecule has 0 aromatic heterocycles. The van der Waals surface area contributed by atoms with E-state index in [1.165, 1.54) is 17.0 Å². The number of halogens is 1. The Morgan fingerprint density at radius 2 is 1.57 bits per heavy atom. The van der Waals surface area contributed by atoms with Gasteiger partial charge in [-0.05, 0) is 62.2 Å². The smallest absolute Gasteiger partial charge is 0.264 e. The minimum atomic E-state index is -4.10. The van der Waals surface area contributed by atoms with Crippen molar-refractivity contribution < 1.29 is 18.0 Å². The third-order valence-corrected chi connectivity index (χ3v) is 7.95. The molecule has 1 unspecified atom stereocenters. The summed E-state index contributed by atoms with van der Waals surface area (Å²) in [4.78, 5) is 28.1. The highest BCUT2D eigenvalue weighted by atomic mass is 35.5. The predicted octanol–water partition coefficient (Wildman–Crippen LogP) is 4.79. The Hall–Kier alpha value is -3.36. The fraction of sp³-hybridized carbons (Fsp3) is 0.286. The SMILES string of the molecule is CCCNC(=O)C(C)N(Cc1ccccc1)C(=O)CN(c1ccc(Cl)cc1)S(=O)(=O)c1ccc(C)cc1. The van der Waals surface area contributed by atoms with E-state index in [0.717, 1.165) is 21.9 Å². The number of nitrogens with one attached hydrogen (secondary N) is 1. The maximum Gasteiger partial charge on any atom is 0.264 e. The van der Waals surface area contributed by atoms with Gasteiger partial charge in [-0.3, -0.25) is 13.9 Å². The first-order valence-corrected chi connectivity index (χ1v) is 13.9. The normalized spacial score (nSPS) is 12.0. The molecule has 0 saturated heterocycles. The van der Waals surface area contributed by atoms with Gasteiger partial charge < -0.3 is 10.2 Å². The van der Waals surface area contributed by atoms with Crippen LogP contribution in [0.1, 0.15) is 31.4 Å². The second-order valence-electron chi connectivity index (χ2n) is 8.78. The number of carbonyl (C=O) groups is 2. The van der Waals surface area contributed by atoms with Gasteiger partial charge in [-0.1, -0.05) is 66.6 Å². The molecule has 0 aliphatic rings. The summed E-state index contributed by atoms with van der Waals surface area (Å²) >= 11 is 6.04. The molecule has 0 bridgehead atoms. The van der Waals surface area contributed by atoms with Crippen LogP contribution in [0.3, 0.4) is 0 Å². The highest BCUT2D eigenvalue weighted by Crippen LogP contribution is 2.26.